The highest BCUT2D eigenvalue weighted by molar-refractivity contribution is 6.01. The number of carbonyl (C=O) groups is 1. The molecule has 1 aliphatic heterocycles. The Hall–Kier alpha value is -3.93. The van der Waals surface area contributed by atoms with Gasteiger partial charge in [0.2, 0.25) is 0 Å². The van der Waals surface area contributed by atoms with Gasteiger partial charge in [0.1, 0.15) is 18.2 Å². The maximum absolute atomic E-state index is 14.4. The van der Waals surface area contributed by atoms with Gasteiger partial charge in [0.05, 0.1) is 23.5 Å². The van der Waals surface area contributed by atoms with Crippen molar-refractivity contribution in [1.29, 1.82) is 0 Å². The minimum atomic E-state index is -0.921. The highest BCUT2D eigenvalue weighted by Crippen LogP contribution is 2.49. The maximum atomic E-state index is 14.4. The van der Waals surface area contributed by atoms with Crippen molar-refractivity contribution in [3.05, 3.63) is 82.7 Å². The summed E-state index contributed by atoms with van der Waals surface area (Å²) in [6.45, 7) is 4.92. The van der Waals surface area contributed by atoms with Crippen LogP contribution >= 0.6 is 0 Å². The molecule has 3 aromatic carbocycles. The molecule has 1 fully saturated rings. The minimum Gasteiger partial charge on any atom is -0.491 e. The van der Waals surface area contributed by atoms with E-state index in [0.29, 0.717) is 35.9 Å². The van der Waals surface area contributed by atoms with Crippen molar-refractivity contribution >= 4 is 28.3 Å². The number of rotatable bonds is 4. The molecule has 0 spiro atoms. The molecule has 194 valence electrons. The quantitative estimate of drug-likeness (QED) is 0.283. The van der Waals surface area contributed by atoms with Crippen molar-refractivity contribution in [3.8, 4) is 17.0 Å². The van der Waals surface area contributed by atoms with Crippen molar-refractivity contribution in [2.45, 2.75) is 58.4 Å². The zero-order valence-corrected chi connectivity index (χ0v) is 21.8. The number of ether oxygens (including phenoxy) is 1. The first-order chi connectivity index (χ1) is 18.4. The van der Waals surface area contributed by atoms with Gasteiger partial charge < -0.3 is 14.4 Å². The van der Waals surface area contributed by atoms with Gasteiger partial charge in [-0.15, -0.1) is 0 Å². The Morgan fingerprint density at radius 2 is 1.87 bits per heavy atom. The zero-order valence-electron chi connectivity index (χ0n) is 21.8. The monoisotopic (exact) mass is 510 g/mol. The van der Waals surface area contributed by atoms with Crippen LogP contribution in [0.5, 0.6) is 5.75 Å². The number of hydrogen-bond acceptors (Lipinski definition) is 3. The van der Waals surface area contributed by atoms with E-state index in [-0.39, 0.29) is 5.82 Å². The molecule has 0 bridgehead atoms. The van der Waals surface area contributed by atoms with Crippen LogP contribution in [0.4, 0.5) is 10.1 Å². The lowest BCUT2D eigenvalue weighted by molar-refractivity contribution is 0.0697. The van der Waals surface area contributed by atoms with E-state index in [9.17, 15) is 14.3 Å². The number of aromatic carboxylic acids is 1. The molecule has 1 aliphatic carbocycles. The van der Waals surface area contributed by atoms with E-state index in [4.69, 9.17) is 9.73 Å². The van der Waals surface area contributed by atoms with Gasteiger partial charge in [0.15, 0.2) is 0 Å². The lowest BCUT2D eigenvalue weighted by Gasteiger charge is -2.24. The highest BCUT2D eigenvalue weighted by Gasteiger charge is 2.30. The average molecular weight is 511 g/mol. The Kier molecular flexibility index (Phi) is 6.26. The normalized spacial score (nSPS) is 16.0. The van der Waals surface area contributed by atoms with E-state index < -0.39 is 5.97 Å². The predicted molar refractivity (Wildman–Crippen MR) is 149 cm³/mol. The fraction of sp³-hybridized carbons (Fsp3) is 0.312. The largest absolute Gasteiger partial charge is 0.491 e. The second-order valence-electron chi connectivity index (χ2n) is 10.4. The van der Waals surface area contributed by atoms with E-state index in [1.165, 1.54) is 30.9 Å². The molecule has 0 amide bonds. The number of benzene rings is 3. The number of fused-ring (bicyclic) bond motifs is 5. The van der Waals surface area contributed by atoms with Crippen LogP contribution in [0.1, 0.15) is 72.0 Å². The number of halogens is 1. The van der Waals surface area contributed by atoms with Crippen LogP contribution in [0.2, 0.25) is 0 Å². The number of aromatic nitrogens is 1. The second kappa shape index (κ2) is 9.75. The van der Waals surface area contributed by atoms with E-state index in [0.717, 1.165) is 52.0 Å². The van der Waals surface area contributed by atoms with Crippen LogP contribution in [-0.4, -0.2) is 28.0 Å². The van der Waals surface area contributed by atoms with Crippen molar-refractivity contribution < 1.29 is 19.0 Å². The molecule has 6 heteroatoms. The second-order valence-corrected chi connectivity index (χ2v) is 10.4. The van der Waals surface area contributed by atoms with Crippen molar-refractivity contribution in [2.75, 3.05) is 6.61 Å². The van der Waals surface area contributed by atoms with Gasteiger partial charge >= 0.3 is 5.97 Å². The summed E-state index contributed by atoms with van der Waals surface area (Å²) in [5.74, 6) is 0.00498. The van der Waals surface area contributed by atoms with Gasteiger partial charge in [-0.2, -0.15) is 0 Å². The van der Waals surface area contributed by atoms with E-state index in [1.807, 2.05) is 38.1 Å². The third-order valence-corrected chi connectivity index (χ3v) is 8.11. The zero-order chi connectivity index (χ0) is 26.4. The maximum Gasteiger partial charge on any atom is 0.335 e. The van der Waals surface area contributed by atoms with Crippen LogP contribution < -0.4 is 4.74 Å². The first-order valence-corrected chi connectivity index (χ1v) is 13.4. The molecule has 2 heterocycles. The summed E-state index contributed by atoms with van der Waals surface area (Å²) in [4.78, 5) is 16.6. The lowest BCUT2D eigenvalue weighted by atomic mass is 9.81. The number of hydrogen-bond donors (Lipinski definition) is 1. The summed E-state index contributed by atoms with van der Waals surface area (Å²) >= 11 is 0. The minimum absolute atomic E-state index is 0.292. The Morgan fingerprint density at radius 1 is 1.08 bits per heavy atom. The summed E-state index contributed by atoms with van der Waals surface area (Å²) in [5, 5.41) is 10.8. The van der Waals surface area contributed by atoms with Crippen molar-refractivity contribution in [1.82, 2.24) is 4.57 Å². The Balaban J connectivity index is 1.55. The van der Waals surface area contributed by atoms with E-state index >= 15 is 0 Å². The molecule has 6 rings (SSSR count). The van der Waals surface area contributed by atoms with Crippen molar-refractivity contribution in [2.24, 2.45) is 4.99 Å². The molecule has 0 atom stereocenters. The Morgan fingerprint density at radius 3 is 2.63 bits per heavy atom. The summed E-state index contributed by atoms with van der Waals surface area (Å²) in [7, 11) is 0. The number of carboxylic acids is 1. The first-order valence-electron chi connectivity index (χ1n) is 13.4. The Labute approximate surface area is 221 Å². The van der Waals surface area contributed by atoms with Crippen LogP contribution in [0.15, 0.2) is 59.6 Å². The lowest BCUT2D eigenvalue weighted by Crippen LogP contribution is -2.07. The molecular formula is C32H31FN2O3. The molecule has 1 aromatic heterocycles. The van der Waals surface area contributed by atoms with Gasteiger partial charge in [0, 0.05) is 33.3 Å². The standard InChI is InChI=1S/C32H31FN2O3/c1-19-27(34-20(2)23-10-6-7-11-26(23)33)15-14-25-30-29(21-8-4-3-5-9-21)24-13-12-22(32(36)37)18-28(24)35(30)16-17-38-31(19)25/h6-7,10-15,18,21H,3-5,8-9,16-17H2,1-2H3,(H,36,37). The number of carboxylic acid groups (broad SMARTS) is 1. The summed E-state index contributed by atoms with van der Waals surface area (Å²) in [6.07, 6.45) is 5.93. The van der Waals surface area contributed by atoms with Gasteiger partial charge in [0.25, 0.3) is 0 Å². The summed E-state index contributed by atoms with van der Waals surface area (Å²) < 4.78 is 23.0. The van der Waals surface area contributed by atoms with Crippen molar-refractivity contribution in [3.63, 3.8) is 0 Å². The first kappa shape index (κ1) is 24.4. The summed E-state index contributed by atoms with van der Waals surface area (Å²) in [6, 6.07) is 16.3. The van der Waals surface area contributed by atoms with Crippen LogP contribution in [0, 0.1) is 12.7 Å². The molecule has 1 N–H and O–H groups in total. The molecule has 4 aromatic rings. The number of nitrogens with zero attached hydrogens (tertiary/aromatic N) is 2. The van der Waals surface area contributed by atoms with Gasteiger partial charge in [-0.3, -0.25) is 4.99 Å². The molecule has 0 unspecified atom stereocenters. The van der Waals surface area contributed by atoms with E-state index in [2.05, 4.69) is 10.6 Å². The van der Waals surface area contributed by atoms with E-state index in [1.54, 1.807) is 18.2 Å². The van der Waals surface area contributed by atoms with Crippen LogP contribution in [-0.2, 0) is 6.54 Å². The molecule has 0 radical (unpaired) electrons. The highest BCUT2D eigenvalue weighted by atomic mass is 19.1. The molecule has 5 nitrogen and oxygen atoms in total. The molecule has 0 saturated heterocycles. The predicted octanol–water partition coefficient (Wildman–Crippen LogP) is 8.03. The van der Waals surface area contributed by atoms with Gasteiger partial charge in [-0.05, 0) is 68.5 Å². The summed E-state index contributed by atoms with van der Waals surface area (Å²) in [5.41, 5.74) is 7.45. The molecule has 2 aliphatic rings. The SMILES string of the molecule is CC(=Nc1ccc2c(c1C)OCCn1c-2c(C2CCCCC2)c2ccc(C(=O)O)cc21)c1ccccc1F. The molecule has 38 heavy (non-hydrogen) atoms. The average Bonchev–Trinajstić information content (AvgIpc) is 3.11. The third-order valence-electron chi connectivity index (χ3n) is 8.11. The molecular weight excluding hydrogens is 479 g/mol. The third kappa shape index (κ3) is 4.08. The molecule has 1 saturated carbocycles. The van der Waals surface area contributed by atoms with Crippen LogP contribution in [0.25, 0.3) is 22.2 Å². The topological polar surface area (TPSA) is 63.8 Å². The fourth-order valence-corrected chi connectivity index (χ4v) is 6.25. The van der Waals surface area contributed by atoms with Gasteiger partial charge in [-0.1, -0.05) is 43.5 Å². The van der Waals surface area contributed by atoms with Crippen LogP contribution in [0.3, 0.4) is 0 Å². The van der Waals surface area contributed by atoms with Gasteiger partial charge in [-0.25, -0.2) is 9.18 Å². The smallest absolute Gasteiger partial charge is 0.335 e. The number of aliphatic imine (C=N–C) groups is 1. The Bertz CT molecular complexity index is 1590. The fourth-order valence-electron chi connectivity index (χ4n) is 6.25.